The van der Waals surface area contributed by atoms with E-state index in [1.54, 1.807) is 0 Å². The molecule has 16 heavy (non-hydrogen) atoms. The molecule has 1 fully saturated rings. The second-order valence-corrected chi connectivity index (χ2v) is 5.50. The highest BCUT2D eigenvalue weighted by Crippen LogP contribution is 2.47. The molecule has 1 heteroatoms. The molecule has 0 spiro atoms. The summed E-state index contributed by atoms with van der Waals surface area (Å²) in [5.74, 6) is 0.304. The van der Waals surface area contributed by atoms with Gasteiger partial charge in [0, 0.05) is 5.41 Å². The minimum absolute atomic E-state index is 0.231. The topological polar surface area (TPSA) is 20.2 Å². The number of aliphatic hydroxyl groups is 1. The summed E-state index contributed by atoms with van der Waals surface area (Å²) in [6.07, 6.45) is 3.34. The Bertz CT molecular complexity index is 333. The SMILES string of the molecule is C=C[C@@]1(C)[C@H](O)CC(=C(C)C)C[C@@H]1C(=C)C. The first kappa shape index (κ1) is 13.2. The molecule has 0 aliphatic heterocycles. The van der Waals surface area contributed by atoms with Crippen LogP contribution in [0.25, 0.3) is 0 Å². The fraction of sp³-hybridized carbons (Fsp3) is 0.600. The summed E-state index contributed by atoms with van der Waals surface area (Å²) < 4.78 is 0. The van der Waals surface area contributed by atoms with Crippen LogP contribution in [0.3, 0.4) is 0 Å². The molecule has 90 valence electrons. The number of hydrogen-bond donors (Lipinski definition) is 1. The van der Waals surface area contributed by atoms with E-state index in [-0.39, 0.29) is 11.5 Å². The maximum absolute atomic E-state index is 10.3. The highest BCUT2D eigenvalue weighted by atomic mass is 16.3. The van der Waals surface area contributed by atoms with Crippen molar-refractivity contribution in [1.82, 2.24) is 0 Å². The lowest BCUT2D eigenvalue weighted by Crippen LogP contribution is -2.42. The van der Waals surface area contributed by atoms with Gasteiger partial charge in [0.25, 0.3) is 0 Å². The first-order valence-corrected chi connectivity index (χ1v) is 5.95. The van der Waals surface area contributed by atoms with Gasteiger partial charge in [-0.1, -0.05) is 36.3 Å². The maximum atomic E-state index is 10.3. The molecule has 1 N–H and O–H groups in total. The van der Waals surface area contributed by atoms with E-state index in [0.29, 0.717) is 5.92 Å². The first-order chi connectivity index (χ1) is 7.32. The Morgan fingerprint density at radius 2 is 1.94 bits per heavy atom. The van der Waals surface area contributed by atoms with Crippen molar-refractivity contribution in [2.45, 2.75) is 46.6 Å². The highest BCUT2D eigenvalue weighted by molar-refractivity contribution is 5.25. The summed E-state index contributed by atoms with van der Waals surface area (Å²) in [6.45, 7) is 16.3. The Balaban J connectivity index is 3.13. The van der Waals surface area contributed by atoms with E-state index in [1.807, 2.05) is 13.0 Å². The van der Waals surface area contributed by atoms with Crippen LogP contribution in [0.2, 0.25) is 0 Å². The van der Waals surface area contributed by atoms with Crippen LogP contribution in [0, 0.1) is 11.3 Å². The Kier molecular flexibility index (Phi) is 3.80. The van der Waals surface area contributed by atoms with E-state index in [1.165, 1.54) is 11.1 Å². The van der Waals surface area contributed by atoms with E-state index >= 15 is 0 Å². The van der Waals surface area contributed by atoms with Gasteiger partial charge in [0.2, 0.25) is 0 Å². The van der Waals surface area contributed by atoms with Gasteiger partial charge in [0.1, 0.15) is 0 Å². The molecule has 1 rings (SSSR count). The van der Waals surface area contributed by atoms with Crippen molar-refractivity contribution in [3.05, 3.63) is 36.0 Å². The van der Waals surface area contributed by atoms with Crippen LogP contribution in [-0.4, -0.2) is 11.2 Å². The largest absolute Gasteiger partial charge is 0.392 e. The summed E-state index contributed by atoms with van der Waals surface area (Å²) in [5, 5.41) is 10.3. The molecule has 0 amide bonds. The fourth-order valence-electron chi connectivity index (χ4n) is 2.63. The van der Waals surface area contributed by atoms with Crippen LogP contribution in [0.4, 0.5) is 0 Å². The minimum atomic E-state index is -0.342. The molecule has 1 saturated carbocycles. The minimum Gasteiger partial charge on any atom is -0.392 e. The number of aliphatic hydroxyl groups excluding tert-OH is 1. The molecular weight excluding hydrogens is 196 g/mol. The maximum Gasteiger partial charge on any atom is 0.0671 e. The standard InChI is InChI=1S/C15H24O/c1-7-15(6)13(11(4)5)8-12(10(2)3)9-14(15)16/h7,13-14,16H,1,4,8-9H2,2-3,5-6H3/t13-,14-,15-/m1/s1. The number of hydrogen-bond acceptors (Lipinski definition) is 1. The zero-order chi connectivity index (χ0) is 12.5. The lowest BCUT2D eigenvalue weighted by Gasteiger charge is -2.45. The van der Waals surface area contributed by atoms with Crippen molar-refractivity contribution in [3.8, 4) is 0 Å². The second kappa shape index (κ2) is 4.58. The summed E-state index contributed by atoms with van der Waals surface area (Å²) in [6, 6.07) is 0. The molecule has 0 unspecified atom stereocenters. The van der Waals surface area contributed by atoms with E-state index in [0.717, 1.165) is 18.4 Å². The predicted octanol–water partition coefficient (Wildman–Crippen LogP) is 3.86. The monoisotopic (exact) mass is 220 g/mol. The zero-order valence-corrected chi connectivity index (χ0v) is 11.0. The molecule has 0 bridgehead atoms. The van der Waals surface area contributed by atoms with Crippen LogP contribution in [0.5, 0.6) is 0 Å². The molecule has 1 nitrogen and oxygen atoms in total. The van der Waals surface area contributed by atoms with Crippen LogP contribution >= 0.6 is 0 Å². The van der Waals surface area contributed by atoms with Crippen molar-refractivity contribution >= 4 is 0 Å². The van der Waals surface area contributed by atoms with Crippen LogP contribution < -0.4 is 0 Å². The highest BCUT2D eigenvalue weighted by Gasteiger charge is 2.42. The van der Waals surface area contributed by atoms with Gasteiger partial charge in [-0.3, -0.25) is 0 Å². The molecule has 0 aromatic rings. The van der Waals surface area contributed by atoms with Gasteiger partial charge in [0.15, 0.2) is 0 Å². The van der Waals surface area contributed by atoms with Gasteiger partial charge in [-0.2, -0.15) is 0 Å². The summed E-state index contributed by atoms with van der Waals surface area (Å²) in [7, 11) is 0. The third kappa shape index (κ3) is 2.15. The lowest BCUT2D eigenvalue weighted by molar-refractivity contribution is 0.0217. The average Bonchev–Trinajstić information content (AvgIpc) is 2.20. The molecule has 0 heterocycles. The second-order valence-electron chi connectivity index (χ2n) is 5.50. The molecule has 1 aliphatic carbocycles. The Labute approximate surface area is 99.6 Å². The fourth-order valence-corrected chi connectivity index (χ4v) is 2.63. The molecule has 0 aromatic heterocycles. The van der Waals surface area contributed by atoms with Crippen molar-refractivity contribution in [1.29, 1.82) is 0 Å². The van der Waals surface area contributed by atoms with Gasteiger partial charge < -0.3 is 5.11 Å². The van der Waals surface area contributed by atoms with Crippen molar-refractivity contribution in [3.63, 3.8) is 0 Å². The molecule has 3 atom stereocenters. The van der Waals surface area contributed by atoms with Gasteiger partial charge in [0.05, 0.1) is 6.10 Å². The van der Waals surface area contributed by atoms with Crippen LogP contribution in [0.15, 0.2) is 36.0 Å². The smallest absolute Gasteiger partial charge is 0.0671 e. The quantitative estimate of drug-likeness (QED) is 0.701. The van der Waals surface area contributed by atoms with E-state index in [2.05, 4.69) is 33.9 Å². The van der Waals surface area contributed by atoms with Crippen LogP contribution in [0.1, 0.15) is 40.5 Å². The predicted molar refractivity (Wildman–Crippen MR) is 70.2 cm³/mol. The van der Waals surface area contributed by atoms with Gasteiger partial charge in [-0.05, 0) is 39.5 Å². The van der Waals surface area contributed by atoms with Crippen LogP contribution in [-0.2, 0) is 0 Å². The Morgan fingerprint density at radius 1 is 1.38 bits per heavy atom. The molecule has 0 aromatic carbocycles. The number of allylic oxidation sites excluding steroid dienone is 2. The third-order valence-corrected chi connectivity index (χ3v) is 4.10. The lowest BCUT2D eigenvalue weighted by atomic mass is 9.62. The average molecular weight is 220 g/mol. The zero-order valence-electron chi connectivity index (χ0n) is 11.0. The van der Waals surface area contributed by atoms with Crippen molar-refractivity contribution in [2.24, 2.45) is 11.3 Å². The van der Waals surface area contributed by atoms with Gasteiger partial charge in [-0.25, -0.2) is 0 Å². The number of rotatable bonds is 2. The Hall–Kier alpha value is -0.820. The molecule has 0 radical (unpaired) electrons. The molecule has 0 saturated heterocycles. The molecular formula is C15H24O. The van der Waals surface area contributed by atoms with Gasteiger partial charge >= 0.3 is 0 Å². The summed E-state index contributed by atoms with van der Waals surface area (Å²) >= 11 is 0. The first-order valence-electron chi connectivity index (χ1n) is 5.95. The van der Waals surface area contributed by atoms with Gasteiger partial charge in [-0.15, -0.1) is 6.58 Å². The summed E-state index contributed by atoms with van der Waals surface area (Å²) in [5.41, 5.74) is 3.61. The Morgan fingerprint density at radius 3 is 2.31 bits per heavy atom. The van der Waals surface area contributed by atoms with E-state index in [9.17, 15) is 5.11 Å². The third-order valence-electron chi connectivity index (χ3n) is 4.10. The van der Waals surface area contributed by atoms with E-state index < -0.39 is 0 Å². The van der Waals surface area contributed by atoms with Crippen molar-refractivity contribution in [2.75, 3.05) is 0 Å². The normalized spacial score (nSPS) is 34.7. The summed E-state index contributed by atoms with van der Waals surface area (Å²) in [4.78, 5) is 0. The van der Waals surface area contributed by atoms with E-state index in [4.69, 9.17) is 0 Å². The molecule has 1 aliphatic rings. The van der Waals surface area contributed by atoms with Crippen molar-refractivity contribution < 1.29 is 5.11 Å².